The van der Waals surface area contributed by atoms with E-state index in [9.17, 15) is 24.0 Å². The van der Waals surface area contributed by atoms with Crippen LogP contribution in [0.25, 0.3) is 0 Å². The highest BCUT2D eigenvalue weighted by molar-refractivity contribution is 5.98. The average Bonchev–Trinajstić information content (AvgIpc) is 3.06. The second kappa shape index (κ2) is 23.2. The van der Waals surface area contributed by atoms with Gasteiger partial charge in [0.2, 0.25) is 29.5 Å². The smallest absolute Gasteiger partial charge is 0.245 e. The lowest BCUT2D eigenvalue weighted by atomic mass is 9.96. The van der Waals surface area contributed by atoms with E-state index >= 15 is 0 Å². The first-order valence-electron chi connectivity index (χ1n) is 18.8. The number of carbonyl (C=O) groups is 5. The van der Waals surface area contributed by atoms with Gasteiger partial charge in [0.1, 0.15) is 30.2 Å². The molecular weight excluding hydrogens is 666 g/mol. The van der Waals surface area contributed by atoms with Gasteiger partial charge in [-0.3, -0.25) is 24.0 Å². The van der Waals surface area contributed by atoms with Gasteiger partial charge in [-0.2, -0.15) is 0 Å². The molecule has 0 bridgehead atoms. The summed E-state index contributed by atoms with van der Waals surface area (Å²) in [5.74, 6) is -2.81. The lowest BCUT2D eigenvalue weighted by Gasteiger charge is -2.37. The summed E-state index contributed by atoms with van der Waals surface area (Å²) in [6, 6.07) is 4.33. The second-order valence-electron chi connectivity index (χ2n) is 15.3. The molecule has 4 N–H and O–H groups in total. The zero-order valence-corrected chi connectivity index (χ0v) is 32.9. The van der Waals surface area contributed by atoms with Crippen LogP contribution in [0.1, 0.15) is 80.2 Å². The zero-order chi connectivity index (χ0) is 38.8. The van der Waals surface area contributed by atoms with Crippen molar-refractivity contribution in [1.29, 1.82) is 0 Å². The molecule has 0 saturated carbocycles. The Kier molecular flexibility index (Phi) is 19.9. The van der Waals surface area contributed by atoms with E-state index < -0.39 is 59.7 Å². The number of hydrogen-bond donors (Lipinski definition) is 4. The van der Waals surface area contributed by atoms with Crippen molar-refractivity contribution in [3.8, 4) is 0 Å². The second-order valence-corrected chi connectivity index (χ2v) is 15.3. The molecule has 1 heterocycles. The molecule has 1 aliphatic rings. The van der Waals surface area contributed by atoms with Crippen molar-refractivity contribution >= 4 is 29.5 Å². The Morgan fingerprint density at radius 2 is 1.02 bits per heavy atom. The highest BCUT2D eigenvalue weighted by Crippen LogP contribution is 2.19. The van der Waals surface area contributed by atoms with E-state index in [1.165, 1.54) is 4.90 Å². The van der Waals surface area contributed by atoms with Gasteiger partial charge in [0.15, 0.2) is 0 Å². The minimum absolute atomic E-state index is 0.00986. The van der Waals surface area contributed by atoms with Gasteiger partial charge < -0.3 is 40.4 Å². The lowest BCUT2D eigenvalue weighted by Crippen LogP contribution is -2.61. The van der Waals surface area contributed by atoms with Crippen molar-refractivity contribution in [3.05, 3.63) is 35.9 Å². The van der Waals surface area contributed by atoms with Crippen molar-refractivity contribution in [2.75, 3.05) is 46.7 Å². The van der Waals surface area contributed by atoms with E-state index in [1.807, 2.05) is 85.7 Å². The molecule has 1 aliphatic heterocycles. The number of carbonyl (C=O) groups excluding carboxylic acids is 5. The summed E-state index contributed by atoms with van der Waals surface area (Å²) in [4.78, 5) is 72.5. The van der Waals surface area contributed by atoms with Crippen LogP contribution in [0.15, 0.2) is 30.3 Å². The molecule has 294 valence electrons. The van der Waals surface area contributed by atoms with Crippen LogP contribution in [0, 0.1) is 23.7 Å². The third kappa shape index (κ3) is 15.6. The fraction of sp³-hybridized carbons (Fsp3) is 0.718. The van der Waals surface area contributed by atoms with Crippen LogP contribution < -0.4 is 21.3 Å². The number of benzene rings is 1. The van der Waals surface area contributed by atoms with Gasteiger partial charge in [0.05, 0.1) is 33.0 Å². The monoisotopic (exact) mass is 731 g/mol. The fourth-order valence-electron chi connectivity index (χ4n) is 6.25. The highest BCUT2D eigenvalue weighted by atomic mass is 16.5. The normalized spacial score (nSPS) is 22.7. The summed E-state index contributed by atoms with van der Waals surface area (Å²) in [7, 11) is 1.59. The molecule has 0 aromatic heterocycles. The topological polar surface area (TPSA) is 164 Å². The SMILES string of the molecule is COCCOCCOCCN1C(=O)[C@H](CC(C)C)NC(=O)[C@H](CC(C)C)NC(=O)[C@H](Cc2ccccc2)NC(=O)[C@H](CC(C)C)NC(=O)[C@@H]1C(C)C. The molecule has 1 fully saturated rings. The number of hydrogen-bond acceptors (Lipinski definition) is 8. The number of nitrogens with zero attached hydrogens (tertiary/aromatic N) is 1. The van der Waals surface area contributed by atoms with Crippen molar-refractivity contribution in [3.63, 3.8) is 0 Å². The minimum atomic E-state index is -1.03. The maximum Gasteiger partial charge on any atom is 0.245 e. The van der Waals surface area contributed by atoms with E-state index in [0.717, 1.165) is 5.56 Å². The Hall–Kier alpha value is -3.55. The van der Waals surface area contributed by atoms with Crippen molar-refractivity contribution in [2.24, 2.45) is 23.7 Å². The first-order valence-corrected chi connectivity index (χ1v) is 18.8. The van der Waals surface area contributed by atoms with Crippen molar-refractivity contribution < 1.29 is 38.2 Å². The van der Waals surface area contributed by atoms with Gasteiger partial charge in [-0.15, -0.1) is 0 Å². The van der Waals surface area contributed by atoms with Crippen LogP contribution in [0.5, 0.6) is 0 Å². The van der Waals surface area contributed by atoms with Gasteiger partial charge in [-0.25, -0.2) is 0 Å². The van der Waals surface area contributed by atoms with Gasteiger partial charge in [-0.1, -0.05) is 85.7 Å². The Bertz CT molecular complexity index is 1260. The van der Waals surface area contributed by atoms with Gasteiger partial charge >= 0.3 is 0 Å². The molecule has 5 atom stereocenters. The molecule has 1 aromatic rings. The molecule has 1 saturated heterocycles. The molecule has 2 rings (SSSR count). The molecule has 5 amide bonds. The highest BCUT2D eigenvalue weighted by Gasteiger charge is 2.40. The van der Waals surface area contributed by atoms with Crippen LogP contribution in [0.3, 0.4) is 0 Å². The molecule has 0 radical (unpaired) electrons. The number of nitrogens with one attached hydrogen (secondary N) is 4. The summed E-state index contributed by atoms with van der Waals surface area (Å²) >= 11 is 0. The first-order chi connectivity index (χ1) is 24.6. The third-order valence-corrected chi connectivity index (χ3v) is 8.72. The van der Waals surface area contributed by atoms with E-state index in [2.05, 4.69) is 21.3 Å². The Balaban J connectivity index is 2.62. The molecule has 13 heteroatoms. The van der Waals surface area contributed by atoms with Crippen LogP contribution in [-0.2, 0) is 44.6 Å². The fourth-order valence-corrected chi connectivity index (χ4v) is 6.25. The zero-order valence-electron chi connectivity index (χ0n) is 32.9. The average molecular weight is 732 g/mol. The van der Waals surface area contributed by atoms with Gasteiger partial charge in [0.25, 0.3) is 0 Å². The summed E-state index contributed by atoms with van der Waals surface area (Å²) in [6.07, 6.45) is 1.08. The Morgan fingerprint density at radius 1 is 0.577 bits per heavy atom. The molecule has 52 heavy (non-hydrogen) atoms. The Labute approximate surface area is 311 Å². The van der Waals surface area contributed by atoms with E-state index in [1.54, 1.807) is 7.11 Å². The van der Waals surface area contributed by atoms with E-state index in [-0.39, 0.29) is 49.9 Å². The number of methoxy groups -OCH3 is 1. The number of ether oxygens (including phenoxy) is 3. The molecule has 13 nitrogen and oxygen atoms in total. The number of amides is 5. The van der Waals surface area contributed by atoms with Crippen LogP contribution in [-0.4, -0.2) is 111 Å². The van der Waals surface area contributed by atoms with Gasteiger partial charge in [-0.05, 0) is 48.5 Å². The minimum Gasteiger partial charge on any atom is -0.382 e. The summed E-state index contributed by atoms with van der Waals surface area (Å²) < 4.78 is 16.3. The maximum atomic E-state index is 14.6. The molecule has 0 spiro atoms. The standard InChI is InChI=1S/C39H65N5O8/c1-25(2)21-30-36(46)43-33(23-27(5)6)39(49)44(15-16-51-19-20-52-18-17-50-9)34(28(7)8)38(48)42-31(22-26(3)4)35(45)41-32(37(47)40-30)24-29-13-11-10-12-14-29/h10-14,25-28,30-34H,15-24H2,1-9H3,(H,40,47)(H,41,45)(H,42,48)(H,43,46)/t30-,31-,32-,33-,34-/m0/s1. The van der Waals surface area contributed by atoms with Crippen LogP contribution in [0.4, 0.5) is 0 Å². The van der Waals surface area contributed by atoms with Crippen LogP contribution in [0.2, 0.25) is 0 Å². The van der Waals surface area contributed by atoms with Gasteiger partial charge in [0, 0.05) is 20.1 Å². The Morgan fingerprint density at radius 3 is 1.54 bits per heavy atom. The molecule has 1 aromatic carbocycles. The molecular formula is C39H65N5O8. The number of rotatable bonds is 18. The predicted molar refractivity (Wildman–Crippen MR) is 200 cm³/mol. The van der Waals surface area contributed by atoms with E-state index in [0.29, 0.717) is 39.1 Å². The summed E-state index contributed by atoms with van der Waals surface area (Å²) in [5.41, 5.74) is 0.817. The third-order valence-electron chi connectivity index (χ3n) is 8.72. The molecule has 0 unspecified atom stereocenters. The van der Waals surface area contributed by atoms with Crippen molar-refractivity contribution in [2.45, 2.75) is 111 Å². The van der Waals surface area contributed by atoms with E-state index in [4.69, 9.17) is 14.2 Å². The first kappa shape index (κ1) is 44.6. The molecule has 0 aliphatic carbocycles. The lowest BCUT2D eigenvalue weighted by molar-refractivity contribution is -0.147. The van der Waals surface area contributed by atoms with Crippen molar-refractivity contribution in [1.82, 2.24) is 26.2 Å². The summed E-state index contributed by atoms with van der Waals surface area (Å²) in [6.45, 7) is 17.0. The van der Waals surface area contributed by atoms with Crippen LogP contribution >= 0.6 is 0 Å². The maximum absolute atomic E-state index is 14.6. The quantitative estimate of drug-likeness (QED) is 0.168. The predicted octanol–water partition coefficient (Wildman–Crippen LogP) is 2.85. The largest absolute Gasteiger partial charge is 0.382 e. The summed E-state index contributed by atoms with van der Waals surface area (Å²) in [5, 5.41) is 11.7.